The van der Waals surface area contributed by atoms with E-state index in [0.29, 0.717) is 5.88 Å². The number of ether oxygens (including phenoxy) is 1. The van der Waals surface area contributed by atoms with Gasteiger partial charge in [-0.15, -0.1) is 0 Å². The number of aliphatic hydroxyl groups excluding tert-OH is 1. The van der Waals surface area contributed by atoms with Crippen LogP contribution < -0.4 is 4.74 Å². The second-order valence-corrected chi connectivity index (χ2v) is 8.54. The summed E-state index contributed by atoms with van der Waals surface area (Å²) in [4.78, 5) is 4.16. The van der Waals surface area contributed by atoms with Crippen LogP contribution in [0.15, 0.2) is 24.4 Å². The zero-order chi connectivity index (χ0) is 20.8. The van der Waals surface area contributed by atoms with Crippen molar-refractivity contribution in [2.45, 2.75) is 129 Å². The second-order valence-electron chi connectivity index (χ2n) is 8.54. The number of rotatable bonds is 21. The van der Waals surface area contributed by atoms with E-state index in [4.69, 9.17) is 4.74 Å². The van der Waals surface area contributed by atoms with Crippen molar-refractivity contribution in [2.75, 3.05) is 6.61 Å². The molecule has 1 aromatic rings. The molecule has 0 aromatic carbocycles. The summed E-state index contributed by atoms with van der Waals surface area (Å²) in [6.07, 6.45) is 26.1. The molecule has 0 aliphatic rings. The van der Waals surface area contributed by atoms with Crippen molar-refractivity contribution in [3.8, 4) is 5.88 Å². The first kappa shape index (κ1) is 25.9. The summed E-state index contributed by atoms with van der Waals surface area (Å²) < 4.78 is 5.73. The van der Waals surface area contributed by atoms with E-state index in [2.05, 4.69) is 11.9 Å². The molecule has 0 saturated heterocycles. The van der Waals surface area contributed by atoms with Crippen LogP contribution in [0.5, 0.6) is 5.88 Å². The van der Waals surface area contributed by atoms with Crippen molar-refractivity contribution in [1.82, 2.24) is 4.98 Å². The smallest absolute Gasteiger partial charge is 0.213 e. The lowest BCUT2D eigenvalue weighted by Gasteiger charge is -2.15. The fourth-order valence-electron chi connectivity index (χ4n) is 3.87. The summed E-state index contributed by atoms with van der Waals surface area (Å²) in [6, 6.07) is 5.63. The van der Waals surface area contributed by atoms with Gasteiger partial charge in [0.25, 0.3) is 0 Å². The highest BCUT2D eigenvalue weighted by atomic mass is 16.5. The quantitative estimate of drug-likeness (QED) is 0.212. The van der Waals surface area contributed by atoms with Crippen molar-refractivity contribution in [1.29, 1.82) is 0 Å². The summed E-state index contributed by atoms with van der Waals surface area (Å²) in [7, 11) is 0. The molecule has 1 unspecified atom stereocenters. The van der Waals surface area contributed by atoms with E-state index in [1.165, 1.54) is 103 Å². The van der Waals surface area contributed by atoms with Crippen LogP contribution in [0.1, 0.15) is 122 Å². The van der Waals surface area contributed by atoms with E-state index in [-0.39, 0.29) is 12.7 Å². The van der Waals surface area contributed by atoms with Gasteiger partial charge in [0.1, 0.15) is 6.10 Å². The van der Waals surface area contributed by atoms with Crippen molar-refractivity contribution >= 4 is 0 Å². The Hall–Kier alpha value is -1.09. The first-order chi connectivity index (χ1) is 14.4. The van der Waals surface area contributed by atoms with Crippen LogP contribution in [0.4, 0.5) is 0 Å². The van der Waals surface area contributed by atoms with Crippen molar-refractivity contribution in [2.24, 2.45) is 0 Å². The van der Waals surface area contributed by atoms with Gasteiger partial charge >= 0.3 is 0 Å². The van der Waals surface area contributed by atoms with Gasteiger partial charge in [0.05, 0.1) is 6.61 Å². The Morgan fingerprint density at radius 3 is 1.62 bits per heavy atom. The first-order valence-electron chi connectivity index (χ1n) is 12.6. The van der Waals surface area contributed by atoms with Gasteiger partial charge in [0.15, 0.2) is 0 Å². The number of aliphatic hydroxyl groups is 1. The minimum absolute atomic E-state index is 0.0649. The first-order valence-corrected chi connectivity index (χ1v) is 12.6. The normalized spacial score (nSPS) is 12.2. The molecule has 0 fully saturated rings. The second kappa shape index (κ2) is 20.2. The summed E-state index contributed by atoms with van der Waals surface area (Å²) in [5.74, 6) is 0.610. The molecule has 29 heavy (non-hydrogen) atoms. The maximum absolute atomic E-state index is 9.47. The summed E-state index contributed by atoms with van der Waals surface area (Å²) in [5, 5.41) is 9.47. The van der Waals surface area contributed by atoms with E-state index in [0.717, 1.165) is 12.8 Å². The molecule has 0 radical (unpaired) electrons. The largest absolute Gasteiger partial charge is 0.472 e. The molecule has 0 saturated carbocycles. The Kier molecular flexibility index (Phi) is 18.1. The summed E-state index contributed by atoms with van der Waals surface area (Å²) in [6.45, 7) is 2.35. The molecule has 0 amide bonds. The Balaban J connectivity index is 1.79. The highest BCUT2D eigenvalue weighted by Gasteiger charge is 2.09. The van der Waals surface area contributed by atoms with E-state index in [9.17, 15) is 5.11 Å². The molecule has 0 spiro atoms. The van der Waals surface area contributed by atoms with Crippen molar-refractivity contribution in [3.05, 3.63) is 24.4 Å². The summed E-state index contributed by atoms with van der Waals surface area (Å²) >= 11 is 0. The van der Waals surface area contributed by atoms with Crippen molar-refractivity contribution < 1.29 is 9.84 Å². The average Bonchev–Trinajstić information content (AvgIpc) is 2.75. The van der Waals surface area contributed by atoms with Gasteiger partial charge in [-0.3, -0.25) is 0 Å². The van der Waals surface area contributed by atoms with Gasteiger partial charge in [0.2, 0.25) is 5.88 Å². The lowest BCUT2D eigenvalue weighted by Crippen LogP contribution is -2.21. The van der Waals surface area contributed by atoms with E-state index in [1.807, 2.05) is 18.2 Å². The van der Waals surface area contributed by atoms with Crippen LogP contribution in [0, 0.1) is 0 Å². The van der Waals surface area contributed by atoms with E-state index in [1.54, 1.807) is 6.20 Å². The molecular weight excluding hydrogens is 358 g/mol. The molecule has 168 valence electrons. The minimum Gasteiger partial charge on any atom is -0.472 e. The van der Waals surface area contributed by atoms with Gasteiger partial charge < -0.3 is 9.84 Å². The third-order valence-electron chi connectivity index (χ3n) is 5.76. The predicted octanol–water partition coefficient (Wildman–Crippen LogP) is 7.86. The number of unbranched alkanes of at least 4 members (excludes halogenated alkanes) is 16. The fraction of sp³-hybridized carbons (Fsp3) is 0.808. The maximum atomic E-state index is 9.47. The molecule has 1 rings (SSSR count). The third-order valence-corrected chi connectivity index (χ3v) is 5.76. The van der Waals surface area contributed by atoms with Crippen LogP contribution in [-0.4, -0.2) is 22.8 Å². The molecule has 1 atom stereocenters. The van der Waals surface area contributed by atoms with E-state index < -0.39 is 0 Å². The zero-order valence-corrected chi connectivity index (χ0v) is 19.1. The van der Waals surface area contributed by atoms with Crippen LogP contribution in [0.3, 0.4) is 0 Å². The number of hydrogen-bond donors (Lipinski definition) is 1. The van der Waals surface area contributed by atoms with Crippen LogP contribution in [0.2, 0.25) is 0 Å². The number of aromatic nitrogens is 1. The Morgan fingerprint density at radius 2 is 1.21 bits per heavy atom. The van der Waals surface area contributed by atoms with Crippen LogP contribution in [-0.2, 0) is 0 Å². The molecule has 0 aliphatic heterocycles. The highest BCUT2D eigenvalue weighted by molar-refractivity contribution is 5.09. The minimum atomic E-state index is -0.124. The van der Waals surface area contributed by atoms with E-state index >= 15 is 0 Å². The molecule has 0 aliphatic carbocycles. The van der Waals surface area contributed by atoms with Gasteiger partial charge in [0, 0.05) is 12.3 Å². The van der Waals surface area contributed by atoms with Crippen LogP contribution >= 0.6 is 0 Å². The van der Waals surface area contributed by atoms with Crippen molar-refractivity contribution in [3.63, 3.8) is 0 Å². The summed E-state index contributed by atoms with van der Waals surface area (Å²) in [5.41, 5.74) is 0. The Bertz CT molecular complexity index is 438. The standard InChI is InChI=1S/C26H47NO2/c1-2-3-4-5-6-7-8-9-10-11-12-13-14-15-16-17-18-21-25(24-28)29-26-22-19-20-23-27-26/h19-20,22-23,25,28H,2-18,21,24H2,1H3. The third kappa shape index (κ3) is 16.4. The average molecular weight is 406 g/mol. The highest BCUT2D eigenvalue weighted by Crippen LogP contribution is 2.15. The Labute approximate surface area is 180 Å². The fourth-order valence-corrected chi connectivity index (χ4v) is 3.87. The van der Waals surface area contributed by atoms with Crippen LogP contribution in [0.25, 0.3) is 0 Å². The molecule has 3 heteroatoms. The molecule has 1 heterocycles. The van der Waals surface area contributed by atoms with Gasteiger partial charge in [-0.25, -0.2) is 4.98 Å². The molecule has 1 aromatic heterocycles. The van der Waals surface area contributed by atoms with Gasteiger partial charge in [-0.2, -0.15) is 0 Å². The molecule has 3 nitrogen and oxygen atoms in total. The topological polar surface area (TPSA) is 42.4 Å². The number of pyridine rings is 1. The molecule has 1 N–H and O–H groups in total. The Morgan fingerprint density at radius 1 is 0.724 bits per heavy atom. The number of hydrogen-bond acceptors (Lipinski definition) is 3. The lowest BCUT2D eigenvalue weighted by atomic mass is 10.0. The number of nitrogens with zero attached hydrogens (tertiary/aromatic N) is 1. The zero-order valence-electron chi connectivity index (χ0n) is 19.1. The monoisotopic (exact) mass is 405 g/mol. The molecule has 0 bridgehead atoms. The predicted molar refractivity (Wildman–Crippen MR) is 125 cm³/mol. The lowest BCUT2D eigenvalue weighted by molar-refractivity contribution is 0.102. The SMILES string of the molecule is CCCCCCCCCCCCCCCCCCCC(CO)Oc1ccccn1. The maximum Gasteiger partial charge on any atom is 0.213 e. The van der Waals surface area contributed by atoms with Gasteiger partial charge in [-0.05, 0) is 18.9 Å². The molecular formula is C26H47NO2. The van der Waals surface area contributed by atoms with Gasteiger partial charge in [-0.1, -0.05) is 116 Å².